The topological polar surface area (TPSA) is 202 Å². The quantitative estimate of drug-likeness (QED) is 0.338. The van der Waals surface area contributed by atoms with E-state index in [9.17, 15) is 32.4 Å². The molecular formula is C37H44N6O9S. The first-order chi connectivity index (χ1) is 25.5. The van der Waals surface area contributed by atoms with Crippen LogP contribution in [0.3, 0.4) is 0 Å². The van der Waals surface area contributed by atoms with E-state index in [4.69, 9.17) is 9.47 Å². The van der Waals surface area contributed by atoms with Gasteiger partial charge in [-0.3, -0.25) is 23.9 Å². The van der Waals surface area contributed by atoms with Crippen LogP contribution in [0.1, 0.15) is 74.7 Å². The number of pyridine rings is 1. The molecule has 1 unspecified atom stereocenters. The van der Waals surface area contributed by atoms with Gasteiger partial charge in [-0.25, -0.2) is 18.2 Å². The highest BCUT2D eigenvalue weighted by Crippen LogP contribution is 2.46. The van der Waals surface area contributed by atoms with Crippen molar-refractivity contribution >= 4 is 39.7 Å². The van der Waals surface area contributed by atoms with Gasteiger partial charge in [0.2, 0.25) is 21.8 Å². The van der Waals surface area contributed by atoms with Crippen LogP contribution in [0, 0.1) is 5.92 Å². The first-order valence-corrected chi connectivity index (χ1v) is 19.9. The molecule has 5 aliphatic rings. The molecule has 1 saturated heterocycles. The van der Waals surface area contributed by atoms with E-state index in [2.05, 4.69) is 25.7 Å². The van der Waals surface area contributed by atoms with Crippen molar-refractivity contribution in [1.82, 2.24) is 30.6 Å². The van der Waals surface area contributed by atoms with E-state index in [1.807, 2.05) is 24.3 Å². The molecule has 4 N–H and O–H groups in total. The molecular weight excluding hydrogens is 705 g/mol. The van der Waals surface area contributed by atoms with Gasteiger partial charge in [-0.1, -0.05) is 43.2 Å². The summed E-state index contributed by atoms with van der Waals surface area (Å²) in [6.45, 7) is 0.225. The molecule has 1 aromatic heterocycles. The number of amides is 5. The SMILES string of the molecule is O=C1N[C@H]2CCCCC/C=C\[C@@H]3CC3(C(=O)NS(=O)(=O)C3CC3)NC(=O)[C@@H]3C[C@H](CN3C2=O)NC(=O)c2cccc(n2)-c2cccc(c2)OCCCO1. The normalized spacial score (nSPS) is 29.0. The second-order valence-corrected chi connectivity index (χ2v) is 16.4. The van der Waals surface area contributed by atoms with Crippen molar-refractivity contribution in [2.24, 2.45) is 5.92 Å². The maximum Gasteiger partial charge on any atom is 0.407 e. The number of fused-ring (bicyclic) bond motifs is 8. The number of carbonyl (C=O) groups is 5. The second-order valence-electron chi connectivity index (χ2n) is 14.4. The largest absolute Gasteiger partial charge is 0.493 e. The Morgan fingerprint density at radius 2 is 1.72 bits per heavy atom. The minimum absolute atomic E-state index is 0.00185. The monoisotopic (exact) mass is 748 g/mol. The van der Waals surface area contributed by atoms with Crippen molar-refractivity contribution in [2.75, 3.05) is 19.8 Å². The molecule has 7 bridgehead atoms. The van der Waals surface area contributed by atoms with Crippen LogP contribution in [0.15, 0.2) is 54.6 Å². The third kappa shape index (κ3) is 8.32. The smallest absolute Gasteiger partial charge is 0.407 e. The zero-order valence-corrected chi connectivity index (χ0v) is 30.1. The molecule has 4 heterocycles. The molecule has 1 aromatic carbocycles. The molecule has 7 rings (SSSR count). The predicted molar refractivity (Wildman–Crippen MR) is 191 cm³/mol. The number of sulfonamides is 1. The van der Waals surface area contributed by atoms with Gasteiger partial charge >= 0.3 is 6.09 Å². The zero-order chi connectivity index (χ0) is 37.2. The molecule has 5 amide bonds. The molecule has 53 heavy (non-hydrogen) atoms. The zero-order valence-electron chi connectivity index (χ0n) is 29.3. The number of allylic oxidation sites excluding steroid dienone is 1. The number of nitrogens with zero attached hydrogens (tertiary/aromatic N) is 2. The van der Waals surface area contributed by atoms with Gasteiger partial charge in [-0.15, -0.1) is 0 Å². The average molecular weight is 749 g/mol. The highest BCUT2D eigenvalue weighted by atomic mass is 32.2. The number of ether oxygens (including phenoxy) is 2. The van der Waals surface area contributed by atoms with Gasteiger partial charge < -0.3 is 30.3 Å². The Balaban J connectivity index is 1.19. The highest BCUT2D eigenvalue weighted by molar-refractivity contribution is 7.91. The summed E-state index contributed by atoms with van der Waals surface area (Å²) in [7, 11) is -3.90. The number of cyclic esters (lactones) is 1. The van der Waals surface area contributed by atoms with Crippen LogP contribution in [-0.4, -0.2) is 96.7 Å². The minimum atomic E-state index is -3.90. The van der Waals surface area contributed by atoms with Crippen LogP contribution in [-0.2, 0) is 29.1 Å². The summed E-state index contributed by atoms with van der Waals surface area (Å²) < 4.78 is 39.0. The predicted octanol–water partition coefficient (Wildman–Crippen LogP) is 2.33. The maximum atomic E-state index is 14.3. The van der Waals surface area contributed by atoms with Crippen molar-refractivity contribution in [2.45, 2.75) is 93.1 Å². The molecule has 0 radical (unpaired) electrons. The van der Waals surface area contributed by atoms with Crippen LogP contribution in [0.5, 0.6) is 5.75 Å². The minimum Gasteiger partial charge on any atom is -0.493 e. The fourth-order valence-corrected chi connectivity index (χ4v) is 8.59. The lowest BCUT2D eigenvalue weighted by atomic mass is 10.0. The van der Waals surface area contributed by atoms with Crippen molar-refractivity contribution in [3.8, 4) is 17.0 Å². The first kappa shape index (κ1) is 36.4. The van der Waals surface area contributed by atoms with Gasteiger partial charge in [0, 0.05) is 30.5 Å². The Hall–Kier alpha value is -4.99. The highest BCUT2D eigenvalue weighted by Gasteiger charge is 2.62. The van der Waals surface area contributed by atoms with E-state index in [1.165, 1.54) is 4.90 Å². The van der Waals surface area contributed by atoms with E-state index >= 15 is 0 Å². The number of alkyl carbamates (subject to hydrolysis) is 1. The lowest BCUT2D eigenvalue weighted by molar-refractivity contribution is -0.141. The summed E-state index contributed by atoms with van der Waals surface area (Å²) in [5.41, 5.74) is -0.138. The van der Waals surface area contributed by atoms with Crippen molar-refractivity contribution in [3.63, 3.8) is 0 Å². The molecule has 15 nitrogen and oxygen atoms in total. The molecule has 2 saturated carbocycles. The molecule has 3 aliphatic heterocycles. The van der Waals surface area contributed by atoms with Crippen LogP contribution in [0.2, 0.25) is 0 Å². The van der Waals surface area contributed by atoms with Gasteiger partial charge in [0.25, 0.3) is 11.8 Å². The summed E-state index contributed by atoms with van der Waals surface area (Å²) in [6, 6.07) is 9.42. The molecule has 3 fully saturated rings. The third-order valence-corrected chi connectivity index (χ3v) is 12.2. The lowest BCUT2D eigenvalue weighted by Crippen LogP contribution is -2.58. The first-order valence-electron chi connectivity index (χ1n) is 18.3. The summed E-state index contributed by atoms with van der Waals surface area (Å²) in [6.07, 6.45) is 7.53. The number of nitrogens with one attached hydrogen (secondary N) is 4. The Morgan fingerprint density at radius 3 is 2.55 bits per heavy atom. The summed E-state index contributed by atoms with van der Waals surface area (Å²) in [5, 5.41) is 7.82. The fourth-order valence-electron chi connectivity index (χ4n) is 7.23. The van der Waals surface area contributed by atoms with Gasteiger partial charge in [-0.2, -0.15) is 0 Å². The van der Waals surface area contributed by atoms with Gasteiger partial charge in [0.05, 0.1) is 24.2 Å². The number of aromatic nitrogens is 1. The number of benzene rings is 1. The number of rotatable bonds is 3. The van der Waals surface area contributed by atoms with E-state index in [0.29, 0.717) is 43.5 Å². The van der Waals surface area contributed by atoms with Crippen LogP contribution < -0.4 is 25.4 Å². The Labute approximate surface area is 307 Å². The van der Waals surface area contributed by atoms with Crippen LogP contribution in [0.4, 0.5) is 4.79 Å². The molecule has 282 valence electrons. The number of hydrogen-bond donors (Lipinski definition) is 4. The molecule has 0 spiro atoms. The Morgan fingerprint density at radius 1 is 0.925 bits per heavy atom. The van der Waals surface area contributed by atoms with Crippen LogP contribution >= 0.6 is 0 Å². The number of hydrogen-bond acceptors (Lipinski definition) is 10. The van der Waals surface area contributed by atoms with Crippen molar-refractivity contribution < 1.29 is 41.9 Å². The van der Waals surface area contributed by atoms with Gasteiger partial charge in [0.15, 0.2) is 0 Å². The maximum absolute atomic E-state index is 14.3. The fraction of sp³-hybridized carbons (Fsp3) is 0.514. The molecule has 5 atom stereocenters. The van der Waals surface area contributed by atoms with E-state index in [1.54, 1.807) is 30.3 Å². The number of carbonyl (C=O) groups excluding carboxylic acids is 5. The Kier molecular flexibility index (Phi) is 10.4. The summed E-state index contributed by atoms with van der Waals surface area (Å²) >= 11 is 0. The molecule has 2 aromatic rings. The Bertz CT molecular complexity index is 1920. The van der Waals surface area contributed by atoms with Gasteiger partial charge in [-0.05, 0) is 69.2 Å². The molecule has 2 aliphatic carbocycles. The van der Waals surface area contributed by atoms with Crippen molar-refractivity contribution in [1.29, 1.82) is 0 Å². The average Bonchev–Trinajstić information content (AvgIpc) is 4.07. The van der Waals surface area contributed by atoms with Crippen LogP contribution in [0.25, 0.3) is 11.3 Å². The molecule has 16 heteroatoms. The standard InChI is InChI=1S/C37H44N6O9S/c44-32-29-14-7-13-28(39-29)23-9-6-11-26(19-23)51-17-8-18-52-36(48)40-30-12-5-3-1-2-4-10-24-21-37(24,35(47)42-53(49,50)27-15-16-27)41-33(45)31-20-25(38-32)22-43(31)34(30)46/h4,6-7,9-11,13-14,19,24-25,27,30-31H,1-3,5,8,12,15-18,20-22H2,(H,38,44)(H,40,48)(H,41,45)(H,42,47)/b10-4-/t24-,25-,30+,31+,37?/m1/s1. The second kappa shape index (κ2) is 15.2. The summed E-state index contributed by atoms with van der Waals surface area (Å²) in [5.74, 6) is -2.40. The van der Waals surface area contributed by atoms with Crippen molar-refractivity contribution in [3.05, 3.63) is 60.3 Å². The van der Waals surface area contributed by atoms with E-state index < -0.39 is 74.6 Å². The summed E-state index contributed by atoms with van der Waals surface area (Å²) in [4.78, 5) is 74.8. The third-order valence-electron chi connectivity index (χ3n) is 10.4. The lowest BCUT2D eigenvalue weighted by Gasteiger charge is -2.30. The van der Waals surface area contributed by atoms with Gasteiger partial charge in [0.1, 0.15) is 29.1 Å². The van der Waals surface area contributed by atoms with E-state index in [0.717, 1.165) is 18.4 Å². The van der Waals surface area contributed by atoms with E-state index in [-0.39, 0.29) is 44.7 Å².